The van der Waals surface area contributed by atoms with Gasteiger partial charge in [-0.05, 0) is 30.2 Å². The van der Waals surface area contributed by atoms with Crippen LogP contribution in [0.25, 0.3) is 33.9 Å². The first-order valence-corrected chi connectivity index (χ1v) is 8.00. The van der Waals surface area contributed by atoms with Crippen LogP contribution >= 0.6 is 0 Å². The van der Waals surface area contributed by atoms with Gasteiger partial charge in [0.15, 0.2) is 5.76 Å². The zero-order chi connectivity index (χ0) is 16.4. The third-order valence-corrected chi connectivity index (χ3v) is 4.07. The molecule has 2 heteroatoms. The minimum Gasteiger partial charge on any atom is -0.436 e. The van der Waals surface area contributed by atoms with E-state index in [9.17, 15) is 0 Å². The molecule has 0 aliphatic carbocycles. The fraction of sp³-hybridized carbons (Fsp3) is 0.0455. The van der Waals surface area contributed by atoms with E-state index in [2.05, 4.69) is 53.5 Å². The van der Waals surface area contributed by atoms with Gasteiger partial charge in [0.2, 0.25) is 5.89 Å². The molecule has 0 fully saturated rings. The molecule has 0 radical (unpaired) electrons. The normalized spacial score (nSPS) is 10.7. The van der Waals surface area contributed by atoms with Gasteiger partial charge in [-0.2, -0.15) is 0 Å². The average Bonchev–Trinajstić information content (AvgIpc) is 3.05. The third-order valence-electron chi connectivity index (χ3n) is 4.07. The van der Waals surface area contributed by atoms with Crippen molar-refractivity contribution in [1.82, 2.24) is 4.98 Å². The number of rotatable bonds is 3. The molecule has 1 aromatic heterocycles. The molecule has 2 nitrogen and oxygen atoms in total. The molecule has 0 saturated carbocycles. The number of hydrogen-bond donors (Lipinski definition) is 0. The summed E-state index contributed by atoms with van der Waals surface area (Å²) >= 11 is 0. The predicted octanol–water partition coefficient (Wildman–Crippen LogP) is 5.98. The first kappa shape index (κ1) is 14.5. The third kappa shape index (κ3) is 2.74. The molecule has 3 aromatic carbocycles. The van der Waals surface area contributed by atoms with Crippen LogP contribution in [0.3, 0.4) is 0 Å². The summed E-state index contributed by atoms with van der Waals surface area (Å²) in [6, 6.07) is 28.8. The molecule has 0 N–H and O–H groups in total. The van der Waals surface area contributed by atoms with Crippen molar-refractivity contribution < 1.29 is 4.42 Å². The van der Waals surface area contributed by atoms with Crippen molar-refractivity contribution in [3.8, 4) is 33.9 Å². The van der Waals surface area contributed by atoms with E-state index >= 15 is 0 Å². The molecule has 0 bridgehead atoms. The van der Waals surface area contributed by atoms with Crippen molar-refractivity contribution in [3.05, 3.63) is 90.6 Å². The second-order valence-electron chi connectivity index (χ2n) is 5.74. The highest BCUT2D eigenvalue weighted by Gasteiger charge is 2.13. The second kappa shape index (κ2) is 6.17. The fourth-order valence-electron chi connectivity index (χ4n) is 2.81. The number of aromatic nitrogens is 1. The van der Waals surface area contributed by atoms with Crippen molar-refractivity contribution >= 4 is 0 Å². The first-order chi connectivity index (χ1) is 11.8. The highest BCUT2D eigenvalue weighted by molar-refractivity contribution is 5.70. The molecule has 4 aromatic rings. The van der Waals surface area contributed by atoms with E-state index in [-0.39, 0.29) is 0 Å². The number of hydrogen-bond acceptors (Lipinski definition) is 2. The average molecular weight is 311 g/mol. The maximum absolute atomic E-state index is 6.02. The summed E-state index contributed by atoms with van der Waals surface area (Å²) in [7, 11) is 0. The lowest BCUT2D eigenvalue weighted by atomic mass is 10.0. The Labute approximate surface area is 141 Å². The Morgan fingerprint density at radius 1 is 0.583 bits per heavy atom. The highest BCUT2D eigenvalue weighted by Crippen LogP contribution is 2.30. The Kier molecular flexibility index (Phi) is 3.72. The van der Waals surface area contributed by atoms with Gasteiger partial charge in [0.1, 0.15) is 0 Å². The van der Waals surface area contributed by atoms with Crippen LogP contribution in [0.2, 0.25) is 0 Å². The Morgan fingerprint density at radius 3 is 1.71 bits per heavy atom. The zero-order valence-electron chi connectivity index (χ0n) is 13.4. The number of oxazole rings is 1. The molecular formula is C22H17NO. The zero-order valence-corrected chi connectivity index (χ0v) is 13.4. The quantitative estimate of drug-likeness (QED) is 0.465. The molecule has 0 aliphatic heterocycles. The Balaban J connectivity index is 1.68. The molecule has 0 atom stereocenters. The fourth-order valence-corrected chi connectivity index (χ4v) is 2.81. The summed E-state index contributed by atoms with van der Waals surface area (Å²) in [6.45, 7) is 1.98. The SMILES string of the molecule is Cc1nc(-c2ccccc2)oc1-c1ccc(-c2ccccc2)cc1. The molecule has 0 unspecified atom stereocenters. The molecule has 1 heterocycles. The molecule has 0 amide bonds. The van der Waals surface area contributed by atoms with E-state index in [1.165, 1.54) is 11.1 Å². The second-order valence-corrected chi connectivity index (χ2v) is 5.74. The smallest absolute Gasteiger partial charge is 0.226 e. The van der Waals surface area contributed by atoms with Crippen molar-refractivity contribution in [2.75, 3.05) is 0 Å². The summed E-state index contributed by atoms with van der Waals surface area (Å²) in [4.78, 5) is 4.57. The maximum Gasteiger partial charge on any atom is 0.226 e. The van der Waals surface area contributed by atoms with Gasteiger partial charge in [0.25, 0.3) is 0 Å². The van der Waals surface area contributed by atoms with Crippen LogP contribution in [-0.2, 0) is 0 Å². The van der Waals surface area contributed by atoms with E-state index in [0.717, 1.165) is 22.6 Å². The monoisotopic (exact) mass is 311 g/mol. The van der Waals surface area contributed by atoms with Crippen LogP contribution in [0.4, 0.5) is 0 Å². The van der Waals surface area contributed by atoms with Crippen LogP contribution in [-0.4, -0.2) is 4.98 Å². The van der Waals surface area contributed by atoms with Crippen LogP contribution in [0, 0.1) is 6.92 Å². The number of benzene rings is 3. The lowest BCUT2D eigenvalue weighted by Crippen LogP contribution is -1.81. The van der Waals surface area contributed by atoms with Gasteiger partial charge in [0, 0.05) is 11.1 Å². The molecule has 0 spiro atoms. The lowest BCUT2D eigenvalue weighted by molar-refractivity contribution is 0.588. The lowest BCUT2D eigenvalue weighted by Gasteiger charge is -2.03. The van der Waals surface area contributed by atoms with Gasteiger partial charge >= 0.3 is 0 Å². The Hall–Kier alpha value is -3.13. The molecule has 0 saturated heterocycles. The molecule has 116 valence electrons. The van der Waals surface area contributed by atoms with Crippen molar-refractivity contribution in [1.29, 1.82) is 0 Å². The highest BCUT2D eigenvalue weighted by atomic mass is 16.4. The number of aryl methyl sites for hydroxylation is 1. The molecule has 24 heavy (non-hydrogen) atoms. The van der Waals surface area contributed by atoms with E-state index in [4.69, 9.17) is 4.42 Å². The first-order valence-electron chi connectivity index (χ1n) is 8.00. The molecular weight excluding hydrogens is 294 g/mol. The van der Waals surface area contributed by atoms with Gasteiger partial charge in [-0.1, -0.05) is 72.8 Å². The van der Waals surface area contributed by atoms with Crippen molar-refractivity contribution in [2.24, 2.45) is 0 Å². The molecule has 4 rings (SSSR count). The summed E-state index contributed by atoms with van der Waals surface area (Å²) in [5, 5.41) is 0. The predicted molar refractivity (Wildman–Crippen MR) is 97.5 cm³/mol. The van der Waals surface area contributed by atoms with Crippen LogP contribution in [0.1, 0.15) is 5.69 Å². The van der Waals surface area contributed by atoms with Gasteiger partial charge in [-0.3, -0.25) is 0 Å². The topological polar surface area (TPSA) is 26.0 Å². The summed E-state index contributed by atoms with van der Waals surface area (Å²) < 4.78 is 6.02. The van der Waals surface area contributed by atoms with E-state index < -0.39 is 0 Å². The van der Waals surface area contributed by atoms with Crippen molar-refractivity contribution in [3.63, 3.8) is 0 Å². The largest absolute Gasteiger partial charge is 0.436 e. The van der Waals surface area contributed by atoms with E-state index in [0.29, 0.717) is 5.89 Å². The minimum absolute atomic E-state index is 0.662. The minimum atomic E-state index is 0.662. The Bertz CT molecular complexity index is 938. The van der Waals surface area contributed by atoms with Crippen LogP contribution in [0.15, 0.2) is 89.3 Å². The van der Waals surface area contributed by atoms with Crippen LogP contribution in [0.5, 0.6) is 0 Å². The van der Waals surface area contributed by atoms with Crippen molar-refractivity contribution in [2.45, 2.75) is 6.92 Å². The van der Waals surface area contributed by atoms with Crippen LogP contribution < -0.4 is 0 Å². The van der Waals surface area contributed by atoms with Gasteiger partial charge < -0.3 is 4.42 Å². The number of nitrogens with zero attached hydrogens (tertiary/aromatic N) is 1. The van der Waals surface area contributed by atoms with E-state index in [1.54, 1.807) is 0 Å². The summed E-state index contributed by atoms with van der Waals surface area (Å²) in [5.41, 5.74) is 5.35. The summed E-state index contributed by atoms with van der Waals surface area (Å²) in [5.74, 6) is 1.49. The van der Waals surface area contributed by atoms with E-state index in [1.807, 2.05) is 43.3 Å². The van der Waals surface area contributed by atoms with Gasteiger partial charge in [0.05, 0.1) is 5.69 Å². The standard InChI is InChI=1S/C22H17NO/c1-16-21(24-22(23-16)20-10-6-3-7-11-20)19-14-12-18(13-15-19)17-8-4-2-5-9-17/h2-15H,1H3. The summed E-state index contributed by atoms with van der Waals surface area (Å²) in [6.07, 6.45) is 0. The van der Waals surface area contributed by atoms with Gasteiger partial charge in [-0.15, -0.1) is 0 Å². The Morgan fingerprint density at radius 2 is 1.08 bits per heavy atom. The maximum atomic E-state index is 6.02. The van der Waals surface area contributed by atoms with Gasteiger partial charge in [-0.25, -0.2) is 4.98 Å². The molecule has 0 aliphatic rings.